The Kier molecular flexibility index (Phi) is 2.69. The van der Waals surface area contributed by atoms with Gasteiger partial charge in [-0.2, -0.15) is 0 Å². The summed E-state index contributed by atoms with van der Waals surface area (Å²) in [5.74, 6) is 0. The molecule has 3 rings (SSSR count). The molecular weight excluding hydrogens is 272 g/mol. The van der Waals surface area contributed by atoms with E-state index < -0.39 is 0 Å². The summed E-state index contributed by atoms with van der Waals surface area (Å²) in [6.45, 7) is 0. The van der Waals surface area contributed by atoms with Crippen LogP contribution in [-0.4, -0.2) is 0 Å². The van der Waals surface area contributed by atoms with Gasteiger partial charge in [-0.3, -0.25) is 0 Å². The van der Waals surface area contributed by atoms with Crippen LogP contribution in [0.2, 0.25) is 0 Å². The monoisotopic (exact) mass is 282 g/mol. The first kappa shape index (κ1) is 10.5. The van der Waals surface area contributed by atoms with Crippen LogP contribution in [0.5, 0.6) is 0 Å². The molecule has 2 aliphatic carbocycles. The Hall–Kier alpha value is -1.60. The number of fused-ring (bicyclic) bond motifs is 1. The highest BCUT2D eigenvalue weighted by Gasteiger charge is 2.08. The predicted molar refractivity (Wildman–Crippen MR) is 76.2 cm³/mol. The maximum atomic E-state index is 3.60. The van der Waals surface area contributed by atoms with E-state index in [1.165, 1.54) is 22.3 Å². The van der Waals surface area contributed by atoms with Gasteiger partial charge in [-0.1, -0.05) is 64.5 Å². The van der Waals surface area contributed by atoms with Gasteiger partial charge in [0.05, 0.1) is 0 Å². The van der Waals surface area contributed by atoms with Gasteiger partial charge < -0.3 is 0 Å². The highest BCUT2D eigenvalue weighted by Crippen LogP contribution is 2.35. The molecule has 0 radical (unpaired) electrons. The van der Waals surface area contributed by atoms with E-state index in [9.17, 15) is 0 Å². The minimum Gasteiger partial charge on any atom is -0.0622 e. The molecule has 0 heterocycles. The van der Waals surface area contributed by atoms with Crippen LogP contribution in [0.25, 0.3) is 22.3 Å². The van der Waals surface area contributed by atoms with E-state index in [0.717, 1.165) is 4.47 Å². The van der Waals surface area contributed by atoms with Crippen molar-refractivity contribution >= 4 is 15.9 Å². The normalized spacial score (nSPS) is 10.6. The first-order chi connectivity index (χ1) is 8.34. The number of rotatable bonds is 1. The molecule has 0 atom stereocenters. The van der Waals surface area contributed by atoms with Gasteiger partial charge in [-0.05, 0) is 40.5 Å². The topological polar surface area (TPSA) is 0 Å². The van der Waals surface area contributed by atoms with Crippen LogP contribution in [-0.2, 0) is 0 Å². The highest BCUT2D eigenvalue weighted by atomic mass is 79.9. The Morgan fingerprint density at radius 2 is 1.18 bits per heavy atom. The number of benzene rings is 1. The van der Waals surface area contributed by atoms with Gasteiger partial charge in [-0.25, -0.2) is 0 Å². The molecular formula is C16H11Br. The first-order valence-corrected chi connectivity index (χ1v) is 6.37. The summed E-state index contributed by atoms with van der Waals surface area (Å²) < 4.78 is 1.14. The zero-order chi connectivity index (χ0) is 11.7. The van der Waals surface area contributed by atoms with Crippen molar-refractivity contribution in [2.24, 2.45) is 0 Å². The van der Waals surface area contributed by atoms with Crippen molar-refractivity contribution in [2.75, 3.05) is 0 Å². The number of hydrogen-bond donors (Lipinski definition) is 0. The molecule has 0 nitrogen and oxygen atoms in total. The van der Waals surface area contributed by atoms with Gasteiger partial charge in [0, 0.05) is 4.47 Å². The Bertz CT molecular complexity index is 597. The second-order valence-corrected chi connectivity index (χ2v) is 4.90. The average molecular weight is 283 g/mol. The highest BCUT2D eigenvalue weighted by molar-refractivity contribution is 9.10. The fraction of sp³-hybridized carbons (Fsp3) is 0. The van der Waals surface area contributed by atoms with E-state index in [1.807, 2.05) is 6.07 Å². The Morgan fingerprint density at radius 3 is 1.82 bits per heavy atom. The summed E-state index contributed by atoms with van der Waals surface area (Å²) in [4.78, 5) is 0. The fourth-order valence-electron chi connectivity index (χ4n) is 2.07. The van der Waals surface area contributed by atoms with Gasteiger partial charge in [0.2, 0.25) is 0 Å². The lowest BCUT2D eigenvalue weighted by Crippen LogP contribution is -1.74. The Balaban J connectivity index is 2.21. The molecule has 0 fully saturated rings. The van der Waals surface area contributed by atoms with Crippen molar-refractivity contribution in [2.45, 2.75) is 0 Å². The summed E-state index contributed by atoms with van der Waals surface area (Å²) in [5.41, 5.74) is 5.06. The predicted octanol–water partition coefficient (Wildman–Crippen LogP) is 5.22. The third kappa shape index (κ3) is 1.98. The SMILES string of the molecule is Brc1ccccc1-c1cc2cccccc-2c1. The molecule has 0 amide bonds. The van der Waals surface area contributed by atoms with E-state index in [4.69, 9.17) is 0 Å². The Labute approximate surface area is 109 Å². The molecule has 0 bridgehead atoms. The molecule has 1 aromatic rings. The fourth-order valence-corrected chi connectivity index (χ4v) is 2.58. The van der Waals surface area contributed by atoms with Crippen molar-refractivity contribution in [3.05, 3.63) is 71.2 Å². The molecule has 2 aliphatic rings. The van der Waals surface area contributed by atoms with Gasteiger partial charge in [0.25, 0.3) is 0 Å². The van der Waals surface area contributed by atoms with Crippen LogP contribution >= 0.6 is 15.9 Å². The van der Waals surface area contributed by atoms with Crippen LogP contribution < -0.4 is 0 Å². The molecule has 0 saturated heterocycles. The summed E-state index contributed by atoms with van der Waals surface area (Å²) in [6.07, 6.45) is 0. The number of hydrogen-bond acceptors (Lipinski definition) is 0. The van der Waals surface area contributed by atoms with Gasteiger partial charge in [0.15, 0.2) is 0 Å². The minimum absolute atomic E-state index is 1.14. The minimum atomic E-state index is 1.14. The standard InChI is InChI=1S/C16H11Br/c17-16-9-5-4-8-15(16)14-10-12-6-2-1-3-7-13(12)11-14/h1-11H. The van der Waals surface area contributed by atoms with Crippen molar-refractivity contribution in [1.82, 2.24) is 0 Å². The largest absolute Gasteiger partial charge is 0.0622 e. The maximum Gasteiger partial charge on any atom is 0.0253 e. The summed E-state index contributed by atoms with van der Waals surface area (Å²) in [7, 11) is 0. The van der Waals surface area contributed by atoms with Crippen LogP contribution in [0.4, 0.5) is 0 Å². The quantitative estimate of drug-likeness (QED) is 0.574. The zero-order valence-electron chi connectivity index (χ0n) is 9.23. The van der Waals surface area contributed by atoms with E-state index in [2.05, 4.69) is 76.6 Å². The summed E-state index contributed by atoms with van der Waals surface area (Å²) in [6, 6.07) is 23.3. The number of halogens is 1. The molecule has 1 heteroatoms. The second kappa shape index (κ2) is 4.34. The summed E-state index contributed by atoms with van der Waals surface area (Å²) >= 11 is 3.60. The molecule has 0 N–H and O–H groups in total. The lowest BCUT2D eigenvalue weighted by molar-refractivity contribution is 1.62. The van der Waals surface area contributed by atoms with Crippen molar-refractivity contribution in [1.29, 1.82) is 0 Å². The van der Waals surface area contributed by atoms with Crippen molar-refractivity contribution in [3.8, 4) is 22.3 Å². The molecule has 0 unspecified atom stereocenters. The van der Waals surface area contributed by atoms with E-state index in [1.54, 1.807) is 0 Å². The molecule has 0 spiro atoms. The molecule has 1 aromatic carbocycles. The van der Waals surface area contributed by atoms with Crippen LogP contribution in [0, 0.1) is 0 Å². The molecule has 0 aromatic heterocycles. The smallest absolute Gasteiger partial charge is 0.0253 e. The van der Waals surface area contributed by atoms with E-state index in [0.29, 0.717) is 0 Å². The second-order valence-electron chi connectivity index (χ2n) is 4.05. The van der Waals surface area contributed by atoms with Crippen LogP contribution in [0.1, 0.15) is 0 Å². The van der Waals surface area contributed by atoms with Gasteiger partial charge in [0.1, 0.15) is 0 Å². The molecule has 0 aliphatic heterocycles. The third-order valence-corrected chi connectivity index (χ3v) is 3.61. The summed E-state index contributed by atoms with van der Waals surface area (Å²) in [5, 5.41) is 0. The van der Waals surface area contributed by atoms with Gasteiger partial charge in [-0.15, -0.1) is 0 Å². The molecule has 0 saturated carbocycles. The Morgan fingerprint density at radius 1 is 0.588 bits per heavy atom. The van der Waals surface area contributed by atoms with E-state index >= 15 is 0 Å². The van der Waals surface area contributed by atoms with Crippen LogP contribution in [0.15, 0.2) is 71.2 Å². The first-order valence-electron chi connectivity index (χ1n) is 5.58. The average Bonchev–Trinajstić information content (AvgIpc) is 2.61. The molecule has 82 valence electrons. The van der Waals surface area contributed by atoms with E-state index in [-0.39, 0.29) is 0 Å². The third-order valence-electron chi connectivity index (χ3n) is 2.91. The van der Waals surface area contributed by atoms with Gasteiger partial charge >= 0.3 is 0 Å². The molecule has 17 heavy (non-hydrogen) atoms. The lowest BCUT2D eigenvalue weighted by atomic mass is 10.1. The maximum absolute atomic E-state index is 3.60. The lowest BCUT2D eigenvalue weighted by Gasteiger charge is -1.99. The van der Waals surface area contributed by atoms with Crippen molar-refractivity contribution < 1.29 is 0 Å². The van der Waals surface area contributed by atoms with Crippen molar-refractivity contribution in [3.63, 3.8) is 0 Å². The van der Waals surface area contributed by atoms with Crippen LogP contribution in [0.3, 0.4) is 0 Å². The zero-order valence-corrected chi connectivity index (χ0v) is 10.8.